The average molecular weight is 212 g/mol. The van der Waals surface area contributed by atoms with Gasteiger partial charge in [0.1, 0.15) is 5.78 Å². The molecule has 0 aliphatic heterocycles. The number of carbonyl (C=O) groups excluding carboxylic acids is 2. The van der Waals surface area contributed by atoms with E-state index in [-0.39, 0.29) is 5.78 Å². The fourth-order valence-electron chi connectivity index (χ4n) is 1.50. The summed E-state index contributed by atoms with van der Waals surface area (Å²) in [5, 5.41) is 0.641. The summed E-state index contributed by atoms with van der Waals surface area (Å²) in [6.45, 7) is 0. The summed E-state index contributed by atoms with van der Waals surface area (Å²) in [5.41, 5.74) is 0. The number of thioether (sulfide) groups is 1. The van der Waals surface area contributed by atoms with Crippen molar-refractivity contribution in [2.24, 2.45) is 0 Å². The van der Waals surface area contributed by atoms with Crippen LogP contribution in [0.1, 0.15) is 32.1 Å². The lowest BCUT2D eigenvalue weighted by Crippen LogP contribution is -1.93. The molecule has 2 aliphatic carbocycles. The Morgan fingerprint density at radius 1 is 1.36 bits per heavy atom. The monoisotopic (exact) mass is 212 g/mol. The van der Waals surface area contributed by atoms with E-state index in [2.05, 4.69) is 6.26 Å². The molecule has 1 saturated carbocycles. The molecule has 0 aromatic carbocycles. The number of rotatable bonds is 1. The smallest absolute Gasteiger partial charge is 0.155 e. The highest BCUT2D eigenvalue weighted by Gasteiger charge is 2.20. The molecule has 1 fully saturated rings. The van der Waals surface area contributed by atoms with Gasteiger partial charge in [0.05, 0.1) is 0 Å². The molecule has 0 N–H and O–H groups in total. The Bertz CT molecular complexity index is 246. The maximum atomic E-state index is 10.6. The van der Waals surface area contributed by atoms with E-state index in [1.807, 2.05) is 17.8 Å². The van der Waals surface area contributed by atoms with Gasteiger partial charge in [-0.2, -0.15) is 11.8 Å². The molecule has 2 rings (SSSR count). The first-order valence-electron chi connectivity index (χ1n) is 4.96. The second kappa shape index (κ2) is 6.02. The first-order chi connectivity index (χ1) is 6.72. The van der Waals surface area contributed by atoms with Crippen LogP contribution in [0.3, 0.4) is 0 Å². The highest BCUT2D eigenvalue weighted by atomic mass is 32.2. The molecule has 0 aromatic rings. The van der Waals surface area contributed by atoms with Crippen molar-refractivity contribution in [2.75, 3.05) is 6.26 Å². The second-order valence-electron chi connectivity index (χ2n) is 3.55. The molecule has 2 nitrogen and oxygen atoms in total. The van der Waals surface area contributed by atoms with Crippen LogP contribution in [0, 0.1) is 0 Å². The van der Waals surface area contributed by atoms with Gasteiger partial charge in [0.25, 0.3) is 0 Å². The number of carbonyl (C=O) groups is 2. The van der Waals surface area contributed by atoms with Crippen LogP contribution in [0.5, 0.6) is 0 Å². The first-order valence-corrected chi connectivity index (χ1v) is 6.25. The lowest BCUT2D eigenvalue weighted by Gasteiger charge is -1.98. The van der Waals surface area contributed by atoms with E-state index in [4.69, 9.17) is 0 Å². The molecule has 1 atom stereocenters. The summed E-state index contributed by atoms with van der Waals surface area (Å²) in [7, 11) is 0. The summed E-state index contributed by atoms with van der Waals surface area (Å²) >= 11 is 1.82. The van der Waals surface area contributed by atoms with Gasteiger partial charge in [0.2, 0.25) is 0 Å². The van der Waals surface area contributed by atoms with Gasteiger partial charge in [-0.05, 0) is 25.2 Å². The molecule has 0 radical (unpaired) electrons. The Labute approximate surface area is 89.1 Å². The van der Waals surface area contributed by atoms with Crippen molar-refractivity contribution in [2.45, 2.75) is 37.4 Å². The predicted octanol–water partition coefficient (Wildman–Crippen LogP) is 2.38. The quantitative estimate of drug-likeness (QED) is 0.669. The number of hydrogen-bond acceptors (Lipinski definition) is 3. The van der Waals surface area contributed by atoms with Crippen molar-refractivity contribution in [1.82, 2.24) is 0 Å². The van der Waals surface area contributed by atoms with Crippen LogP contribution in [0.25, 0.3) is 0 Å². The molecule has 0 saturated heterocycles. The largest absolute Gasteiger partial charge is 0.300 e. The Morgan fingerprint density at radius 3 is 2.36 bits per heavy atom. The molecule has 0 bridgehead atoms. The van der Waals surface area contributed by atoms with E-state index in [0.717, 1.165) is 32.1 Å². The molecule has 0 amide bonds. The minimum absolute atomic E-state index is 0.273. The maximum Gasteiger partial charge on any atom is 0.155 e. The van der Waals surface area contributed by atoms with Gasteiger partial charge in [-0.15, -0.1) is 0 Å². The number of hydrogen-bond donors (Lipinski definition) is 0. The molecule has 3 heteroatoms. The molecule has 0 aromatic heterocycles. The minimum atomic E-state index is 0.273. The third-order valence-corrected chi connectivity index (χ3v) is 3.46. The van der Waals surface area contributed by atoms with Crippen LogP contribution in [-0.2, 0) is 9.59 Å². The summed E-state index contributed by atoms with van der Waals surface area (Å²) in [6, 6.07) is 0. The van der Waals surface area contributed by atoms with Gasteiger partial charge in [0.15, 0.2) is 5.78 Å². The zero-order valence-corrected chi connectivity index (χ0v) is 9.31. The molecule has 1 unspecified atom stereocenters. The number of allylic oxidation sites excluding steroid dienone is 2. The predicted molar refractivity (Wildman–Crippen MR) is 59.5 cm³/mol. The van der Waals surface area contributed by atoms with Gasteiger partial charge < -0.3 is 0 Å². The highest BCUT2D eigenvalue weighted by Crippen LogP contribution is 2.24. The summed E-state index contributed by atoms with van der Waals surface area (Å²) in [5.74, 6) is 0.722. The van der Waals surface area contributed by atoms with E-state index in [1.54, 1.807) is 6.08 Å². The van der Waals surface area contributed by atoms with Crippen molar-refractivity contribution >= 4 is 23.3 Å². The average Bonchev–Trinajstić information content (AvgIpc) is 2.77. The second-order valence-corrected chi connectivity index (χ2v) is 4.68. The minimum Gasteiger partial charge on any atom is -0.300 e. The molecule has 14 heavy (non-hydrogen) atoms. The van der Waals surface area contributed by atoms with Crippen LogP contribution >= 0.6 is 11.8 Å². The SMILES string of the molecule is CSC1CCC(=O)C1.O=C1C=CCC1. The summed E-state index contributed by atoms with van der Waals surface area (Å²) in [6.07, 6.45) is 10.1. The topological polar surface area (TPSA) is 34.1 Å². The lowest BCUT2D eigenvalue weighted by molar-refractivity contribution is -0.117. The van der Waals surface area contributed by atoms with Crippen molar-refractivity contribution in [3.05, 3.63) is 12.2 Å². The molecule has 0 spiro atoms. The van der Waals surface area contributed by atoms with Crippen molar-refractivity contribution in [3.8, 4) is 0 Å². The van der Waals surface area contributed by atoms with Gasteiger partial charge in [-0.3, -0.25) is 9.59 Å². The van der Waals surface area contributed by atoms with E-state index >= 15 is 0 Å². The molecule has 0 heterocycles. The van der Waals surface area contributed by atoms with E-state index in [9.17, 15) is 9.59 Å². The van der Waals surface area contributed by atoms with Crippen LogP contribution in [0.2, 0.25) is 0 Å². The van der Waals surface area contributed by atoms with Crippen LogP contribution in [0.15, 0.2) is 12.2 Å². The van der Waals surface area contributed by atoms with Crippen molar-refractivity contribution in [1.29, 1.82) is 0 Å². The Kier molecular flexibility index (Phi) is 4.94. The van der Waals surface area contributed by atoms with Crippen molar-refractivity contribution < 1.29 is 9.59 Å². The molecular weight excluding hydrogens is 196 g/mol. The maximum absolute atomic E-state index is 10.6. The zero-order valence-electron chi connectivity index (χ0n) is 8.49. The fraction of sp³-hybridized carbons (Fsp3) is 0.636. The van der Waals surface area contributed by atoms with E-state index in [0.29, 0.717) is 11.0 Å². The Morgan fingerprint density at radius 2 is 2.14 bits per heavy atom. The molecule has 2 aliphatic rings. The normalized spacial score (nSPS) is 25.1. The third kappa shape index (κ3) is 4.09. The lowest BCUT2D eigenvalue weighted by atomic mass is 10.3. The molecular formula is C11H16O2S. The molecule has 78 valence electrons. The Balaban J connectivity index is 0.000000146. The van der Waals surface area contributed by atoms with E-state index in [1.165, 1.54) is 0 Å². The summed E-state index contributed by atoms with van der Waals surface area (Å²) < 4.78 is 0. The first kappa shape index (κ1) is 11.5. The van der Waals surface area contributed by atoms with Gasteiger partial charge in [-0.1, -0.05) is 6.08 Å². The highest BCUT2D eigenvalue weighted by molar-refractivity contribution is 7.99. The van der Waals surface area contributed by atoms with Crippen LogP contribution in [-0.4, -0.2) is 23.1 Å². The van der Waals surface area contributed by atoms with Gasteiger partial charge in [-0.25, -0.2) is 0 Å². The zero-order chi connectivity index (χ0) is 10.4. The number of Topliss-reactive ketones (excluding diaryl/α,β-unsaturated/α-hetero) is 1. The van der Waals surface area contributed by atoms with Crippen LogP contribution in [0.4, 0.5) is 0 Å². The standard InChI is InChI=1S/C6H10OS.C5H6O/c1-8-6-3-2-5(7)4-6;6-5-3-1-2-4-5/h6H,2-4H2,1H3;1,3H,2,4H2. The van der Waals surface area contributed by atoms with Gasteiger partial charge in [0, 0.05) is 24.5 Å². The van der Waals surface area contributed by atoms with Crippen LogP contribution < -0.4 is 0 Å². The summed E-state index contributed by atoms with van der Waals surface area (Å²) in [4.78, 5) is 20.8. The fourth-order valence-corrected chi connectivity index (χ4v) is 2.21. The number of ketones is 2. The Hall–Kier alpha value is -0.570. The van der Waals surface area contributed by atoms with Crippen molar-refractivity contribution in [3.63, 3.8) is 0 Å². The van der Waals surface area contributed by atoms with Gasteiger partial charge >= 0.3 is 0 Å². The van der Waals surface area contributed by atoms with E-state index < -0.39 is 0 Å². The third-order valence-electron chi connectivity index (χ3n) is 2.39.